The van der Waals surface area contributed by atoms with Gasteiger partial charge in [0, 0.05) is 37.7 Å². The lowest BCUT2D eigenvalue weighted by atomic mass is 10.1. The topological polar surface area (TPSA) is 76.9 Å². The number of halogens is 1. The van der Waals surface area contributed by atoms with Crippen LogP contribution >= 0.6 is 24.3 Å². The van der Waals surface area contributed by atoms with Gasteiger partial charge in [-0.05, 0) is 44.7 Å². The van der Waals surface area contributed by atoms with Gasteiger partial charge in [0.2, 0.25) is 6.41 Å². The number of imidazole rings is 1. The molecule has 37 heavy (non-hydrogen) atoms. The average molecular weight is 594 g/mol. The molecule has 0 N–H and O–H groups in total. The van der Waals surface area contributed by atoms with E-state index in [0.717, 1.165) is 54.1 Å². The first-order valence-electron chi connectivity index (χ1n) is 12.6. The Morgan fingerprint density at radius 1 is 1.19 bits per heavy atom. The number of benzene rings is 1. The molecule has 0 aliphatic heterocycles. The van der Waals surface area contributed by atoms with Crippen LogP contribution < -0.4 is 4.90 Å². The number of hydrogen-bond acceptors (Lipinski definition) is 5. The number of hydrogen-bond donors (Lipinski definition) is 0. The molecular weight excluding hydrogens is 555 g/mol. The van der Waals surface area contributed by atoms with E-state index in [1.165, 1.54) is 9.80 Å². The van der Waals surface area contributed by atoms with Gasteiger partial charge in [0.1, 0.15) is 5.82 Å². The Kier molecular flexibility index (Phi) is 13.9. The maximum absolute atomic E-state index is 13.3. The van der Waals surface area contributed by atoms with Gasteiger partial charge in [0.15, 0.2) is 19.9 Å². The van der Waals surface area contributed by atoms with Crippen molar-refractivity contribution in [2.45, 2.75) is 46.0 Å². The maximum atomic E-state index is 13.3. The van der Waals surface area contributed by atoms with Crippen molar-refractivity contribution in [2.24, 2.45) is 7.05 Å². The van der Waals surface area contributed by atoms with Crippen LogP contribution in [0.1, 0.15) is 55.0 Å². The minimum absolute atomic E-state index is 0.166. The fourth-order valence-corrected chi connectivity index (χ4v) is 5.77. The van der Waals surface area contributed by atoms with E-state index < -0.39 is 8.38 Å². The first-order chi connectivity index (χ1) is 17.9. The van der Waals surface area contributed by atoms with E-state index >= 15 is 0 Å². The van der Waals surface area contributed by atoms with Crippen LogP contribution in [0.3, 0.4) is 0 Å². The van der Waals surface area contributed by atoms with Gasteiger partial charge in [-0.3, -0.25) is 14.5 Å². The highest BCUT2D eigenvalue weighted by Gasteiger charge is 2.27. The van der Waals surface area contributed by atoms with Crippen LogP contribution in [-0.2, 0) is 33.7 Å². The van der Waals surface area contributed by atoms with E-state index in [9.17, 15) is 9.59 Å². The van der Waals surface area contributed by atoms with E-state index in [-0.39, 0.29) is 12.5 Å². The third-order valence-electron chi connectivity index (χ3n) is 5.81. The van der Waals surface area contributed by atoms with Gasteiger partial charge in [0.25, 0.3) is 5.91 Å². The van der Waals surface area contributed by atoms with Crippen molar-refractivity contribution in [3.05, 3.63) is 45.8 Å². The lowest BCUT2D eigenvalue weighted by Gasteiger charge is -2.20. The van der Waals surface area contributed by atoms with Crippen LogP contribution in [-0.4, -0.2) is 66.3 Å². The van der Waals surface area contributed by atoms with Crippen molar-refractivity contribution >= 4 is 42.4 Å². The van der Waals surface area contributed by atoms with Gasteiger partial charge < -0.3 is 18.5 Å². The third-order valence-corrected chi connectivity index (χ3v) is 8.36. The van der Waals surface area contributed by atoms with Crippen LogP contribution in [0.2, 0.25) is 0 Å². The summed E-state index contributed by atoms with van der Waals surface area (Å²) < 4.78 is 14.2. The number of anilines is 1. The minimum Gasteiger partial charge on any atom is -0.334 e. The van der Waals surface area contributed by atoms with Gasteiger partial charge in [-0.25, -0.2) is 4.98 Å². The highest BCUT2D eigenvalue weighted by Crippen LogP contribution is 2.39. The number of amides is 2. The standard InChI is InChI=1S/C27H38BrN4O4P/c1-6-18-30(4)27(34)25-26(29-24(31(25)5)17-16-22-14-10-11-15-23(22)28)32(21-33)19-12-9-13-20-37(35-7-2)36-8-3/h1,10-11,14-15,21H,7-9,12-13,16-20H2,2-5H3. The Balaban J connectivity index is 2.18. The van der Waals surface area contributed by atoms with Gasteiger partial charge in [-0.2, -0.15) is 0 Å². The van der Waals surface area contributed by atoms with Crippen molar-refractivity contribution in [1.82, 2.24) is 14.5 Å². The molecule has 8 nitrogen and oxygen atoms in total. The van der Waals surface area contributed by atoms with Crippen molar-refractivity contribution in [2.75, 3.05) is 44.4 Å². The Morgan fingerprint density at radius 3 is 2.51 bits per heavy atom. The lowest BCUT2D eigenvalue weighted by Crippen LogP contribution is -2.32. The van der Waals surface area contributed by atoms with Crippen LogP contribution in [0.4, 0.5) is 5.82 Å². The summed E-state index contributed by atoms with van der Waals surface area (Å²) in [6.45, 7) is 5.84. The summed E-state index contributed by atoms with van der Waals surface area (Å²) >= 11 is 3.59. The Hall–Kier alpha value is -2.24. The second-order valence-electron chi connectivity index (χ2n) is 8.47. The van der Waals surface area contributed by atoms with Gasteiger partial charge in [0.05, 0.1) is 19.8 Å². The molecule has 2 amide bonds. The van der Waals surface area contributed by atoms with Gasteiger partial charge >= 0.3 is 0 Å². The molecule has 0 unspecified atom stereocenters. The highest BCUT2D eigenvalue weighted by molar-refractivity contribution is 9.10. The van der Waals surface area contributed by atoms with Gasteiger partial charge in [-0.1, -0.05) is 46.5 Å². The van der Waals surface area contributed by atoms with Crippen LogP contribution in [0, 0.1) is 12.3 Å². The molecule has 1 aromatic carbocycles. The number of terminal acetylenes is 1. The highest BCUT2D eigenvalue weighted by atomic mass is 79.9. The van der Waals surface area contributed by atoms with E-state index in [4.69, 9.17) is 20.5 Å². The molecule has 0 saturated carbocycles. The number of carbonyl (C=O) groups excluding carboxylic acids is 2. The fourth-order valence-electron chi connectivity index (χ4n) is 3.89. The van der Waals surface area contributed by atoms with E-state index in [1.54, 1.807) is 11.6 Å². The molecule has 0 spiro atoms. The number of carbonyl (C=O) groups is 2. The first kappa shape index (κ1) is 31.0. The molecule has 202 valence electrons. The minimum atomic E-state index is -0.861. The van der Waals surface area contributed by atoms with E-state index in [1.807, 2.05) is 39.1 Å². The van der Waals surface area contributed by atoms with Crippen molar-refractivity contribution < 1.29 is 18.6 Å². The summed E-state index contributed by atoms with van der Waals surface area (Å²) in [4.78, 5) is 33.2. The van der Waals surface area contributed by atoms with Crippen LogP contribution in [0.25, 0.3) is 0 Å². The molecule has 0 bridgehead atoms. The zero-order valence-corrected chi connectivity index (χ0v) is 24.8. The smallest absolute Gasteiger partial charge is 0.274 e. The second-order valence-corrected chi connectivity index (χ2v) is 11.0. The molecule has 10 heteroatoms. The molecule has 0 atom stereocenters. The molecule has 0 aliphatic carbocycles. The van der Waals surface area contributed by atoms with E-state index in [0.29, 0.717) is 37.7 Å². The zero-order chi connectivity index (χ0) is 27.2. The number of rotatable bonds is 17. The summed E-state index contributed by atoms with van der Waals surface area (Å²) in [5.74, 6) is 3.35. The molecule has 2 rings (SSSR count). The SMILES string of the molecule is C#CCN(C)C(=O)c1c(N(C=O)CCCCCP(OCC)OCC)nc(CCc2ccccc2Br)n1C. The summed E-state index contributed by atoms with van der Waals surface area (Å²) in [6.07, 6.45) is 11.0. The maximum Gasteiger partial charge on any atom is 0.274 e. The molecule has 1 heterocycles. The Labute approximate surface area is 230 Å². The summed E-state index contributed by atoms with van der Waals surface area (Å²) in [7, 11) is 2.61. The number of aryl methyl sites for hydroxylation is 2. The molecule has 0 saturated heterocycles. The predicted molar refractivity (Wildman–Crippen MR) is 153 cm³/mol. The number of nitrogens with zero attached hydrogens (tertiary/aromatic N) is 4. The van der Waals surface area contributed by atoms with Crippen LogP contribution in [0.15, 0.2) is 28.7 Å². The monoisotopic (exact) mass is 592 g/mol. The van der Waals surface area contributed by atoms with Crippen molar-refractivity contribution in [1.29, 1.82) is 0 Å². The zero-order valence-electron chi connectivity index (χ0n) is 22.3. The predicted octanol–water partition coefficient (Wildman–Crippen LogP) is 5.19. The Morgan fingerprint density at radius 2 is 1.89 bits per heavy atom. The molecule has 0 radical (unpaired) electrons. The molecule has 0 fully saturated rings. The normalized spacial score (nSPS) is 10.9. The van der Waals surface area contributed by atoms with Crippen molar-refractivity contribution in [3.8, 4) is 12.3 Å². The largest absolute Gasteiger partial charge is 0.334 e. The van der Waals surface area contributed by atoms with Gasteiger partial charge in [-0.15, -0.1) is 6.42 Å². The molecule has 2 aromatic rings. The Bertz CT molecular complexity index is 1050. The molecule has 0 aliphatic rings. The molecule has 1 aromatic heterocycles. The first-order valence-corrected chi connectivity index (χ1v) is 14.8. The number of unbranched alkanes of at least 4 members (excludes halogenated alkanes) is 2. The lowest BCUT2D eigenvalue weighted by molar-refractivity contribution is -0.107. The fraction of sp³-hybridized carbons (Fsp3) is 0.519. The quantitative estimate of drug-likeness (QED) is 0.109. The summed E-state index contributed by atoms with van der Waals surface area (Å²) in [6, 6.07) is 8.03. The summed E-state index contributed by atoms with van der Waals surface area (Å²) in [5.41, 5.74) is 1.51. The summed E-state index contributed by atoms with van der Waals surface area (Å²) in [5, 5.41) is 0. The molecular formula is C27H38BrN4O4P. The number of aromatic nitrogens is 2. The van der Waals surface area contributed by atoms with E-state index in [2.05, 4.69) is 27.9 Å². The second kappa shape index (κ2) is 16.6. The average Bonchev–Trinajstić information content (AvgIpc) is 3.21. The third kappa shape index (κ3) is 9.22. The van der Waals surface area contributed by atoms with Crippen LogP contribution in [0.5, 0.6) is 0 Å². The van der Waals surface area contributed by atoms with Crippen molar-refractivity contribution in [3.63, 3.8) is 0 Å².